The van der Waals surface area contributed by atoms with Crippen LogP contribution in [0.5, 0.6) is 0 Å². The molecule has 1 aliphatic carbocycles. The molecule has 6 nitrogen and oxygen atoms in total. The van der Waals surface area contributed by atoms with Crippen molar-refractivity contribution in [1.29, 1.82) is 0 Å². The molecule has 1 aliphatic heterocycles. The van der Waals surface area contributed by atoms with Gasteiger partial charge < -0.3 is 19.5 Å². The zero-order valence-corrected chi connectivity index (χ0v) is 16.2. The Kier molecular flexibility index (Phi) is 4.82. The zero-order valence-electron chi connectivity index (χ0n) is 16.2. The first-order valence-electron chi connectivity index (χ1n) is 9.24. The predicted octanol–water partition coefficient (Wildman–Crippen LogP) is 2.65. The number of aliphatic hydroxyl groups is 1. The highest BCUT2D eigenvalue weighted by atomic mass is 16.6. The van der Waals surface area contributed by atoms with Crippen LogP contribution in [0, 0.1) is 19.8 Å². The number of nitrogens with zero attached hydrogens (tertiary/aromatic N) is 2. The molecule has 3 rings (SSSR count). The van der Waals surface area contributed by atoms with Crippen molar-refractivity contribution < 1.29 is 19.4 Å². The largest absolute Gasteiger partial charge is 0.444 e. The summed E-state index contributed by atoms with van der Waals surface area (Å²) in [5, 5.41) is 10.9. The van der Waals surface area contributed by atoms with Crippen molar-refractivity contribution in [3.8, 4) is 0 Å². The van der Waals surface area contributed by atoms with E-state index < -0.39 is 17.8 Å². The number of hydrogen-bond acceptors (Lipinski definition) is 5. The summed E-state index contributed by atoms with van der Waals surface area (Å²) in [6, 6.07) is -0.322. The van der Waals surface area contributed by atoms with Crippen LogP contribution in [0.2, 0.25) is 0 Å². The summed E-state index contributed by atoms with van der Waals surface area (Å²) in [5.41, 5.74) is 4.13. The number of aryl methyl sites for hydroxylation is 1. The molecule has 1 saturated heterocycles. The summed E-state index contributed by atoms with van der Waals surface area (Å²) in [6.45, 7) is 9.94. The minimum absolute atomic E-state index is 0.00134. The van der Waals surface area contributed by atoms with E-state index in [1.54, 1.807) is 4.90 Å². The zero-order chi connectivity index (χ0) is 19.2. The van der Waals surface area contributed by atoms with Gasteiger partial charge in [-0.05, 0) is 70.6 Å². The predicted molar refractivity (Wildman–Crippen MR) is 97.0 cm³/mol. The Bertz CT molecular complexity index is 738. The van der Waals surface area contributed by atoms with Gasteiger partial charge in [0.25, 0.3) is 0 Å². The van der Waals surface area contributed by atoms with Gasteiger partial charge in [-0.2, -0.15) is 0 Å². The molecule has 0 radical (unpaired) electrons. The summed E-state index contributed by atoms with van der Waals surface area (Å²) in [6.07, 6.45) is 1.90. The monoisotopic (exact) mass is 360 g/mol. The van der Waals surface area contributed by atoms with Crippen molar-refractivity contribution in [2.45, 2.75) is 71.6 Å². The van der Waals surface area contributed by atoms with Crippen LogP contribution in [-0.4, -0.2) is 45.6 Å². The lowest BCUT2D eigenvalue weighted by Gasteiger charge is -2.43. The molecule has 0 bridgehead atoms. The van der Waals surface area contributed by atoms with E-state index in [0.717, 1.165) is 35.1 Å². The van der Waals surface area contributed by atoms with Crippen molar-refractivity contribution >= 4 is 12.4 Å². The van der Waals surface area contributed by atoms with Gasteiger partial charge in [-0.1, -0.05) is 0 Å². The number of amides is 1. The summed E-state index contributed by atoms with van der Waals surface area (Å²) in [5.74, 6) is -0.00134. The average Bonchev–Trinajstić information content (AvgIpc) is 2.93. The van der Waals surface area contributed by atoms with E-state index in [-0.39, 0.29) is 12.0 Å². The summed E-state index contributed by atoms with van der Waals surface area (Å²) in [7, 11) is 0. The maximum absolute atomic E-state index is 12.3. The number of rotatable bonds is 3. The fourth-order valence-corrected chi connectivity index (χ4v) is 3.92. The van der Waals surface area contributed by atoms with E-state index in [1.165, 1.54) is 0 Å². The van der Waals surface area contributed by atoms with Crippen LogP contribution in [0.4, 0.5) is 4.79 Å². The highest BCUT2D eigenvalue weighted by molar-refractivity contribution is 5.69. The third kappa shape index (κ3) is 3.34. The van der Waals surface area contributed by atoms with Gasteiger partial charge in [0.15, 0.2) is 0 Å². The van der Waals surface area contributed by atoms with Gasteiger partial charge in [-0.3, -0.25) is 4.98 Å². The van der Waals surface area contributed by atoms with Gasteiger partial charge in [0.2, 0.25) is 0 Å². The van der Waals surface area contributed by atoms with Gasteiger partial charge in [0.05, 0.1) is 11.7 Å². The molecule has 2 unspecified atom stereocenters. The topological polar surface area (TPSA) is 79.7 Å². The molecule has 0 aromatic carbocycles. The number of aldehydes is 1. The standard InChI is InChI=1S/C20H28N2O4/c1-11-14-8-13(10-23)9-15(14)12(2)21-17(11)18(24)16-6-7-22(16)19(25)26-20(3,4)5/h10,13,16,18,24H,6-9H2,1-5H3/t13?,16-,18?/m0/s1. The van der Waals surface area contributed by atoms with Crippen LogP contribution in [0.15, 0.2) is 0 Å². The number of carbonyl (C=O) groups is 2. The second-order valence-electron chi connectivity index (χ2n) is 8.44. The number of aromatic nitrogens is 1. The number of ether oxygens (including phenoxy) is 1. The molecule has 2 heterocycles. The number of likely N-dealkylation sites (tertiary alicyclic amines) is 1. The maximum Gasteiger partial charge on any atom is 0.410 e. The van der Waals surface area contributed by atoms with Gasteiger partial charge in [-0.15, -0.1) is 0 Å². The Morgan fingerprint density at radius 3 is 2.50 bits per heavy atom. The first kappa shape index (κ1) is 18.8. The smallest absolute Gasteiger partial charge is 0.410 e. The molecule has 0 spiro atoms. The number of fused-ring (bicyclic) bond motifs is 1. The van der Waals surface area contributed by atoms with Crippen molar-refractivity contribution in [2.75, 3.05) is 6.54 Å². The Morgan fingerprint density at radius 2 is 1.96 bits per heavy atom. The molecule has 1 aromatic heterocycles. The van der Waals surface area contributed by atoms with Gasteiger partial charge in [-0.25, -0.2) is 4.79 Å². The molecule has 0 saturated carbocycles. The first-order valence-corrected chi connectivity index (χ1v) is 9.24. The van der Waals surface area contributed by atoms with Crippen LogP contribution in [0.1, 0.15) is 61.4 Å². The van der Waals surface area contributed by atoms with E-state index in [4.69, 9.17) is 4.74 Å². The number of hydrogen-bond donors (Lipinski definition) is 1. The van der Waals surface area contributed by atoms with Crippen LogP contribution in [0.25, 0.3) is 0 Å². The molecular formula is C20H28N2O4. The normalized spacial score (nSPS) is 23.2. The average molecular weight is 360 g/mol. The summed E-state index contributed by atoms with van der Waals surface area (Å²) in [4.78, 5) is 29.7. The van der Waals surface area contributed by atoms with Gasteiger partial charge in [0, 0.05) is 18.2 Å². The molecular weight excluding hydrogens is 332 g/mol. The van der Waals surface area contributed by atoms with Crippen molar-refractivity contribution in [2.24, 2.45) is 5.92 Å². The number of aliphatic hydroxyl groups excluding tert-OH is 1. The Hall–Kier alpha value is -1.95. The molecule has 1 N–H and O–H groups in total. The molecule has 26 heavy (non-hydrogen) atoms. The fourth-order valence-electron chi connectivity index (χ4n) is 3.92. The maximum atomic E-state index is 12.3. The van der Waals surface area contributed by atoms with Gasteiger partial charge in [0.1, 0.15) is 18.0 Å². The molecule has 2 aliphatic rings. The third-order valence-corrected chi connectivity index (χ3v) is 5.39. The quantitative estimate of drug-likeness (QED) is 0.838. The molecule has 6 heteroatoms. The van der Waals surface area contributed by atoms with E-state index in [2.05, 4.69) is 4.98 Å². The van der Waals surface area contributed by atoms with Crippen LogP contribution in [-0.2, 0) is 22.4 Å². The molecule has 1 amide bonds. The lowest BCUT2D eigenvalue weighted by Crippen LogP contribution is -2.55. The molecule has 142 valence electrons. The summed E-state index contributed by atoms with van der Waals surface area (Å²) >= 11 is 0. The third-order valence-electron chi connectivity index (χ3n) is 5.39. The van der Waals surface area contributed by atoms with Crippen molar-refractivity contribution in [3.05, 3.63) is 28.1 Å². The molecule has 1 aromatic rings. The fraction of sp³-hybridized carbons (Fsp3) is 0.650. The second kappa shape index (κ2) is 6.65. The van der Waals surface area contributed by atoms with Crippen LogP contribution in [0.3, 0.4) is 0 Å². The van der Waals surface area contributed by atoms with Crippen molar-refractivity contribution in [3.63, 3.8) is 0 Å². The highest BCUT2D eigenvalue weighted by Crippen LogP contribution is 2.37. The SMILES string of the molecule is Cc1nc(C(O)[C@@H]2CCN2C(=O)OC(C)(C)C)c(C)c2c1CC(C=O)C2. The Morgan fingerprint density at radius 1 is 1.31 bits per heavy atom. The lowest BCUT2D eigenvalue weighted by molar-refractivity contribution is -0.110. The molecule has 3 atom stereocenters. The highest BCUT2D eigenvalue weighted by Gasteiger charge is 2.41. The first-order chi connectivity index (χ1) is 12.1. The Balaban J connectivity index is 1.83. The number of pyridine rings is 1. The molecule has 1 fully saturated rings. The van der Waals surface area contributed by atoms with E-state index >= 15 is 0 Å². The Labute approximate surface area is 154 Å². The van der Waals surface area contributed by atoms with E-state index in [0.29, 0.717) is 25.1 Å². The minimum atomic E-state index is -0.851. The second-order valence-corrected chi connectivity index (χ2v) is 8.44. The van der Waals surface area contributed by atoms with E-state index in [9.17, 15) is 14.7 Å². The van der Waals surface area contributed by atoms with Crippen LogP contribution < -0.4 is 0 Å². The van der Waals surface area contributed by atoms with Gasteiger partial charge >= 0.3 is 6.09 Å². The number of carbonyl (C=O) groups excluding carboxylic acids is 2. The summed E-state index contributed by atoms with van der Waals surface area (Å²) < 4.78 is 5.43. The lowest BCUT2D eigenvalue weighted by atomic mass is 9.91. The minimum Gasteiger partial charge on any atom is -0.444 e. The van der Waals surface area contributed by atoms with Crippen molar-refractivity contribution in [1.82, 2.24) is 9.88 Å². The van der Waals surface area contributed by atoms with Crippen LogP contribution >= 0.6 is 0 Å². The van der Waals surface area contributed by atoms with E-state index in [1.807, 2.05) is 34.6 Å².